The van der Waals surface area contributed by atoms with Crippen molar-refractivity contribution >= 4 is 17.4 Å². The number of fused-ring (bicyclic) bond motifs is 1. The predicted octanol–water partition coefficient (Wildman–Crippen LogP) is 4.42. The van der Waals surface area contributed by atoms with E-state index in [4.69, 9.17) is 4.74 Å². The first kappa shape index (κ1) is 18.2. The lowest BCUT2D eigenvalue weighted by molar-refractivity contribution is -0.132. The molecule has 1 aliphatic heterocycles. The minimum absolute atomic E-state index is 0.0642. The third-order valence-electron chi connectivity index (χ3n) is 4.71. The number of rotatable bonds is 6. The Hall–Kier alpha value is -2.62. The smallest absolute Gasteiger partial charge is 0.270 e. The monoisotopic (exact) mass is 351 g/mol. The van der Waals surface area contributed by atoms with Crippen LogP contribution in [0.3, 0.4) is 0 Å². The molecule has 3 rings (SSSR count). The van der Waals surface area contributed by atoms with Gasteiger partial charge in [-0.2, -0.15) is 0 Å². The lowest BCUT2D eigenvalue weighted by atomic mass is 10.0. The molecule has 2 aromatic carbocycles. The number of aryl methyl sites for hydroxylation is 1. The molecule has 0 aliphatic carbocycles. The molecule has 0 radical (unpaired) electrons. The SMILES string of the molecule is CCC(=O)c1ccc2c(c1)N(CCCc1ccccc1)C(=O)C(C)(C)O2. The van der Waals surface area contributed by atoms with E-state index < -0.39 is 5.60 Å². The van der Waals surface area contributed by atoms with Gasteiger partial charge in [0, 0.05) is 18.5 Å². The van der Waals surface area contributed by atoms with E-state index in [1.165, 1.54) is 5.56 Å². The van der Waals surface area contributed by atoms with E-state index in [1.807, 2.05) is 25.1 Å². The zero-order valence-electron chi connectivity index (χ0n) is 15.6. The van der Waals surface area contributed by atoms with Crippen LogP contribution in [0, 0.1) is 0 Å². The lowest BCUT2D eigenvalue weighted by Gasteiger charge is -2.39. The third-order valence-corrected chi connectivity index (χ3v) is 4.71. The van der Waals surface area contributed by atoms with Crippen molar-refractivity contribution in [3.05, 3.63) is 59.7 Å². The maximum absolute atomic E-state index is 12.9. The molecule has 0 atom stereocenters. The maximum Gasteiger partial charge on any atom is 0.270 e. The molecule has 0 bridgehead atoms. The van der Waals surface area contributed by atoms with Gasteiger partial charge in [-0.3, -0.25) is 9.59 Å². The van der Waals surface area contributed by atoms with Crippen molar-refractivity contribution in [3.63, 3.8) is 0 Å². The molecular formula is C22H25NO3. The van der Waals surface area contributed by atoms with Crippen LogP contribution in [0.5, 0.6) is 5.75 Å². The second-order valence-corrected chi connectivity index (χ2v) is 7.12. The zero-order valence-corrected chi connectivity index (χ0v) is 15.6. The highest BCUT2D eigenvalue weighted by Crippen LogP contribution is 2.38. The van der Waals surface area contributed by atoms with Crippen molar-refractivity contribution in [1.82, 2.24) is 0 Å². The topological polar surface area (TPSA) is 46.6 Å². The molecule has 1 aliphatic rings. The van der Waals surface area contributed by atoms with Gasteiger partial charge in [0.1, 0.15) is 5.75 Å². The highest BCUT2D eigenvalue weighted by molar-refractivity contribution is 6.04. The number of hydrogen-bond acceptors (Lipinski definition) is 3. The summed E-state index contributed by atoms with van der Waals surface area (Å²) in [6.07, 6.45) is 2.18. The second-order valence-electron chi connectivity index (χ2n) is 7.12. The Morgan fingerprint density at radius 2 is 1.85 bits per heavy atom. The van der Waals surface area contributed by atoms with E-state index in [1.54, 1.807) is 36.9 Å². The summed E-state index contributed by atoms with van der Waals surface area (Å²) in [5, 5.41) is 0. The third kappa shape index (κ3) is 3.64. The summed E-state index contributed by atoms with van der Waals surface area (Å²) in [6.45, 7) is 6.00. The molecule has 26 heavy (non-hydrogen) atoms. The molecule has 4 nitrogen and oxygen atoms in total. The van der Waals surface area contributed by atoms with E-state index in [0.29, 0.717) is 30.0 Å². The normalized spacial score (nSPS) is 15.3. The van der Waals surface area contributed by atoms with Crippen molar-refractivity contribution < 1.29 is 14.3 Å². The minimum Gasteiger partial charge on any atom is -0.476 e. The van der Waals surface area contributed by atoms with E-state index in [2.05, 4.69) is 12.1 Å². The average Bonchev–Trinajstić information content (AvgIpc) is 2.64. The number of nitrogens with zero attached hydrogens (tertiary/aromatic N) is 1. The van der Waals surface area contributed by atoms with Crippen molar-refractivity contribution in [2.24, 2.45) is 0 Å². The van der Waals surface area contributed by atoms with E-state index in [9.17, 15) is 9.59 Å². The summed E-state index contributed by atoms with van der Waals surface area (Å²) in [4.78, 5) is 26.8. The second kappa shape index (κ2) is 7.32. The van der Waals surface area contributed by atoms with Crippen LogP contribution < -0.4 is 9.64 Å². The molecule has 0 spiro atoms. The van der Waals surface area contributed by atoms with Crippen LogP contribution in [0.4, 0.5) is 5.69 Å². The van der Waals surface area contributed by atoms with Crippen molar-refractivity contribution in [2.45, 2.75) is 45.6 Å². The molecule has 0 aromatic heterocycles. The van der Waals surface area contributed by atoms with Crippen LogP contribution in [-0.2, 0) is 11.2 Å². The fraction of sp³-hybridized carbons (Fsp3) is 0.364. The summed E-state index contributed by atoms with van der Waals surface area (Å²) >= 11 is 0. The Morgan fingerprint density at radius 1 is 1.12 bits per heavy atom. The molecule has 0 fully saturated rings. The molecule has 136 valence electrons. The van der Waals surface area contributed by atoms with Crippen molar-refractivity contribution in [3.8, 4) is 5.75 Å². The van der Waals surface area contributed by atoms with Crippen LogP contribution in [-0.4, -0.2) is 23.8 Å². The Labute approximate surface area is 154 Å². The largest absolute Gasteiger partial charge is 0.476 e. The Bertz CT molecular complexity index is 811. The number of ether oxygens (including phenoxy) is 1. The van der Waals surface area contributed by atoms with Gasteiger partial charge in [-0.15, -0.1) is 0 Å². The molecule has 2 aromatic rings. The van der Waals surface area contributed by atoms with E-state index in [-0.39, 0.29) is 11.7 Å². The van der Waals surface area contributed by atoms with Crippen LogP contribution in [0.1, 0.15) is 49.5 Å². The first-order valence-corrected chi connectivity index (χ1v) is 9.14. The number of benzene rings is 2. The fourth-order valence-electron chi connectivity index (χ4n) is 3.25. The van der Waals surface area contributed by atoms with E-state index in [0.717, 1.165) is 12.8 Å². The summed E-state index contributed by atoms with van der Waals surface area (Å²) in [7, 11) is 0. The quantitative estimate of drug-likeness (QED) is 0.724. The number of carbonyl (C=O) groups is 2. The van der Waals surface area contributed by atoms with Gasteiger partial charge in [0.15, 0.2) is 11.4 Å². The van der Waals surface area contributed by atoms with Gasteiger partial charge in [-0.1, -0.05) is 37.3 Å². The number of Topliss-reactive ketones (excluding diaryl/α,β-unsaturated/α-hetero) is 1. The van der Waals surface area contributed by atoms with Gasteiger partial charge in [0.05, 0.1) is 5.69 Å². The number of carbonyl (C=O) groups excluding carboxylic acids is 2. The van der Waals surface area contributed by atoms with Crippen molar-refractivity contribution in [1.29, 1.82) is 0 Å². The van der Waals surface area contributed by atoms with Gasteiger partial charge >= 0.3 is 0 Å². The molecule has 1 amide bonds. The first-order chi connectivity index (χ1) is 12.4. The van der Waals surface area contributed by atoms with Crippen LogP contribution >= 0.6 is 0 Å². The standard InChI is InChI=1S/C22H25NO3/c1-4-19(24)17-12-13-20-18(15-17)23(21(25)22(2,3)26-20)14-8-11-16-9-6-5-7-10-16/h5-7,9-10,12-13,15H,4,8,11,14H2,1-3H3. The Kier molecular flexibility index (Phi) is 5.12. The summed E-state index contributed by atoms with van der Waals surface area (Å²) in [5.41, 5.74) is 1.66. The zero-order chi connectivity index (χ0) is 18.7. The Balaban J connectivity index is 1.85. The van der Waals surface area contributed by atoms with Gasteiger partial charge in [0.2, 0.25) is 0 Å². The first-order valence-electron chi connectivity index (χ1n) is 9.14. The fourth-order valence-corrected chi connectivity index (χ4v) is 3.25. The molecule has 1 heterocycles. The lowest BCUT2D eigenvalue weighted by Crippen LogP contribution is -2.52. The van der Waals surface area contributed by atoms with Gasteiger partial charge in [-0.25, -0.2) is 0 Å². The number of hydrogen-bond donors (Lipinski definition) is 0. The van der Waals surface area contributed by atoms with Crippen LogP contribution in [0.25, 0.3) is 0 Å². The number of amides is 1. The maximum atomic E-state index is 12.9. The van der Waals surface area contributed by atoms with Gasteiger partial charge in [0.25, 0.3) is 5.91 Å². The van der Waals surface area contributed by atoms with Gasteiger partial charge in [-0.05, 0) is 50.5 Å². The predicted molar refractivity (Wildman–Crippen MR) is 103 cm³/mol. The molecule has 0 saturated carbocycles. The summed E-state index contributed by atoms with van der Waals surface area (Å²) < 4.78 is 5.89. The Morgan fingerprint density at radius 3 is 2.54 bits per heavy atom. The molecule has 0 saturated heterocycles. The summed E-state index contributed by atoms with van der Waals surface area (Å²) in [5.74, 6) is 0.649. The number of anilines is 1. The summed E-state index contributed by atoms with van der Waals surface area (Å²) in [6, 6.07) is 15.6. The molecule has 0 N–H and O–H groups in total. The number of ketones is 1. The van der Waals surface area contributed by atoms with E-state index >= 15 is 0 Å². The van der Waals surface area contributed by atoms with Gasteiger partial charge < -0.3 is 9.64 Å². The molecular weight excluding hydrogens is 326 g/mol. The average molecular weight is 351 g/mol. The highest BCUT2D eigenvalue weighted by Gasteiger charge is 2.40. The minimum atomic E-state index is -0.907. The van der Waals surface area contributed by atoms with Crippen LogP contribution in [0.2, 0.25) is 0 Å². The van der Waals surface area contributed by atoms with Crippen LogP contribution in [0.15, 0.2) is 48.5 Å². The highest BCUT2D eigenvalue weighted by atomic mass is 16.5. The molecule has 0 unspecified atom stereocenters. The molecule has 4 heteroatoms. The van der Waals surface area contributed by atoms with Crippen molar-refractivity contribution in [2.75, 3.05) is 11.4 Å².